The summed E-state index contributed by atoms with van der Waals surface area (Å²) in [6, 6.07) is 3.55. The number of carbonyl (C=O) groups excluding carboxylic acids is 2. The van der Waals surface area contributed by atoms with E-state index < -0.39 is 0 Å². The van der Waals surface area contributed by atoms with E-state index in [-0.39, 0.29) is 18.2 Å². The van der Waals surface area contributed by atoms with Crippen LogP contribution in [0.1, 0.15) is 29.9 Å². The first-order chi connectivity index (χ1) is 8.59. The van der Waals surface area contributed by atoms with Gasteiger partial charge in [0.25, 0.3) is 5.91 Å². The minimum Gasteiger partial charge on any atom is -0.351 e. The van der Waals surface area contributed by atoms with E-state index in [0.717, 1.165) is 0 Å². The van der Waals surface area contributed by atoms with Crippen molar-refractivity contribution in [3.63, 3.8) is 0 Å². The second-order valence-electron chi connectivity index (χ2n) is 4.21. The number of hydrogen-bond acceptors (Lipinski definition) is 4. The lowest BCUT2D eigenvalue weighted by Gasteiger charge is -2.08. The first-order valence-electron chi connectivity index (χ1n) is 5.82. The van der Waals surface area contributed by atoms with Crippen molar-refractivity contribution in [3.05, 3.63) is 22.4 Å². The molecule has 0 spiro atoms. The first-order valence-corrected chi connectivity index (χ1v) is 6.70. The van der Waals surface area contributed by atoms with Crippen LogP contribution in [0.25, 0.3) is 0 Å². The molecule has 1 rings (SSSR count). The molecule has 100 valence electrons. The number of rotatable bonds is 7. The van der Waals surface area contributed by atoms with Gasteiger partial charge in [-0.3, -0.25) is 14.4 Å². The van der Waals surface area contributed by atoms with E-state index in [2.05, 4.69) is 10.8 Å². The summed E-state index contributed by atoms with van der Waals surface area (Å²) in [5.41, 5.74) is 2.33. The Labute approximate surface area is 110 Å². The lowest BCUT2D eigenvalue weighted by molar-refractivity contribution is -0.134. The van der Waals surface area contributed by atoms with Gasteiger partial charge < -0.3 is 5.32 Å². The van der Waals surface area contributed by atoms with E-state index in [9.17, 15) is 9.59 Å². The third kappa shape index (κ3) is 5.79. The molecule has 2 amide bonds. The minimum absolute atomic E-state index is 0.152. The maximum Gasteiger partial charge on any atom is 0.261 e. The van der Waals surface area contributed by atoms with Gasteiger partial charge in [-0.1, -0.05) is 19.9 Å². The molecule has 0 fully saturated rings. The Kier molecular flexibility index (Phi) is 6.38. The number of nitrogens with one attached hydrogen (secondary N) is 2. The highest BCUT2D eigenvalue weighted by Crippen LogP contribution is 2.07. The van der Waals surface area contributed by atoms with Crippen LogP contribution in [0.5, 0.6) is 0 Å². The molecular formula is C12H18N2O3S. The average Bonchev–Trinajstić information content (AvgIpc) is 2.81. The summed E-state index contributed by atoms with van der Waals surface area (Å²) in [6.07, 6.45) is 0.204. The van der Waals surface area contributed by atoms with Crippen LogP contribution in [0.4, 0.5) is 0 Å². The highest BCUT2D eigenvalue weighted by molar-refractivity contribution is 7.12. The summed E-state index contributed by atoms with van der Waals surface area (Å²) >= 11 is 1.37. The topological polar surface area (TPSA) is 67.4 Å². The molecule has 0 saturated carbocycles. The molecule has 1 heterocycles. The van der Waals surface area contributed by atoms with Gasteiger partial charge >= 0.3 is 0 Å². The van der Waals surface area contributed by atoms with Crippen LogP contribution >= 0.6 is 11.3 Å². The van der Waals surface area contributed by atoms with Crippen molar-refractivity contribution in [1.29, 1.82) is 0 Å². The van der Waals surface area contributed by atoms with Crippen LogP contribution in [0, 0.1) is 5.92 Å². The molecule has 0 bridgehead atoms. The van der Waals surface area contributed by atoms with Crippen molar-refractivity contribution in [1.82, 2.24) is 10.8 Å². The lowest BCUT2D eigenvalue weighted by atomic mass is 10.2. The smallest absolute Gasteiger partial charge is 0.261 e. The average molecular weight is 270 g/mol. The third-order valence-electron chi connectivity index (χ3n) is 1.99. The zero-order valence-corrected chi connectivity index (χ0v) is 11.4. The molecule has 6 heteroatoms. The molecule has 0 radical (unpaired) electrons. The Morgan fingerprint density at radius 1 is 1.44 bits per heavy atom. The number of carbonyl (C=O) groups is 2. The van der Waals surface area contributed by atoms with Gasteiger partial charge in [-0.25, -0.2) is 5.48 Å². The molecular weight excluding hydrogens is 252 g/mol. The Balaban J connectivity index is 2.10. The minimum atomic E-state index is -0.234. The third-order valence-corrected chi connectivity index (χ3v) is 2.85. The van der Waals surface area contributed by atoms with Crippen molar-refractivity contribution >= 4 is 23.2 Å². The van der Waals surface area contributed by atoms with Gasteiger partial charge in [-0.2, -0.15) is 0 Å². The van der Waals surface area contributed by atoms with Crippen molar-refractivity contribution in [2.75, 3.05) is 13.2 Å². The summed E-state index contributed by atoms with van der Waals surface area (Å²) < 4.78 is 0. The van der Waals surface area contributed by atoms with Gasteiger partial charge in [0.1, 0.15) is 0 Å². The van der Waals surface area contributed by atoms with E-state index >= 15 is 0 Å². The second kappa shape index (κ2) is 7.84. The van der Waals surface area contributed by atoms with Crippen LogP contribution in [-0.2, 0) is 9.63 Å². The predicted octanol–water partition coefficient (Wildman–Crippen LogP) is 1.57. The molecule has 5 nitrogen and oxygen atoms in total. The van der Waals surface area contributed by atoms with Crippen molar-refractivity contribution < 1.29 is 14.4 Å². The van der Waals surface area contributed by atoms with Gasteiger partial charge in [0.05, 0.1) is 11.5 Å². The molecule has 0 aliphatic heterocycles. The molecule has 0 aliphatic carbocycles. The molecule has 0 unspecified atom stereocenters. The van der Waals surface area contributed by atoms with Crippen LogP contribution in [0.3, 0.4) is 0 Å². The van der Waals surface area contributed by atoms with Crippen LogP contribution in [0.2, 0.25) is 0 Å². The van der Waals surface area contributed by atoms with E-state index in [1.165, 1.54) is 11.3 Å². The summed E-state index contributed by atoms with van der Waals surface area (Å²) in [4.78, 5) is 28.5. The van der Waals surface area contributed by atoms with Crippen molar-refractivity contribution in [3.8, 4) is 0 Å². The Bertz CT molecular complexity index is 377. The Morgan fingerprint density at radius 3 is 2.83 bits per heavy atom. The fraction of sp³-hybridized carbons (Fsp3) is 0.500. The standard InChI is InChI=1S/C12H18N2O3S/c1-9(2)8-17-14-11(15)5-6-13-12(16)10-4-3-7-18-10/h3-4,7,9H,5-6,8H2,1-2H3,(H,13,16)(H,14,15). The van der Waals surface area contributed by atoms with Gasteiger partial charge in [0, 0.05) is 13.0 Å². The SMILES string of the molecule is CC(C)CONC(=O)CCNC(=O)c1cccs1. The normalized spacial score (nSPS) is 10.4. The van der Waals surface area contributed by atoms with E-state index in [0.29, 0.717) is 23.9 Å². The summed E-state index contributed by atoms with van der Waals surface area (Å²) in [6.45, 7) is 4.77. The molecule has 1 aromatic rings. The first kappa shape index (κ1) is 14.7. The van der Waals surface area contributed by atoms with E-state index in [1.54, 1.807) is 6.07 Å². The van der Waals surface area contributed by atoms with Crippen LogP contribution < -0.4 is 10.8 Å². The van der Waals surface area contributed by atoms with Crippen molar-refractivity contribution in [2.24, 2.45) is 5.92 Å². The van der Waals surface area contributed by atoms with Crippen LogP contribution in [0.15, 0.2) is 17.5 Å². The fourth-order valence-corrected chi connectivity index (χ4v) is 1.76. The molecule has 0 aromatic carbocycles. The van der Waals surface area contributed by atoms with Gasteiger partial charge in [-0.15, -0.1) is 11.3 Å². The Hall–Kier alpha value is -1.40. The van der Waals surface area contributed by atoms with Crippen LogP contribution in [-0.4, -0.2) is 25.0 Å². The van der Waals surface area contributed by atoms with Crippen molar-refractivity contribution in [2.45, 2.75) is 20.3 Å². The molecule has 0 atom stereocenters. The molecule has 0 aliphatic rings. The summed E-state index contributed by atoms with van der Waals surface area (Å²) in [5, 5.41) is 4.50. The quantitative estimate of drug-likeness (QED) is 0.739. The highest BCUT2D eigenvalue weighted by Gasteiger charge is 2.07. The molecule has 0 saturated heterocycles. The predicted molar refractivity (Wildman–Crippen MR) is 70.2 cm³/mol. The number of hydroxylamine groups is 1. The van der Waals surface area contributed by atoms with E-state index in [1.807, 2.05) is 25.3 Å². The van der Waals surface area contributed by atoms with Gasteiger partial charge in [0.2, 0.25) is 5.91 Å². The Morgan fingerprint density at radius 2 is 2.22 bits per heavy atom. The number of thiophene rings is 1. The highest BCUT2D eigenvalue weighted by atomic mass is 32.1. The fourth-order valence-electron chi connectivity index (χ4n) is 1.12. The zero-order valence-electron chi connectivity index (χ0n) is 10.6. The largest absolute Gasteiger partial charge is 0.351 e. The van der Waals surface area contributed by atoms with Gasteiger partial charge in [0.15, 0.2) is 0 Å². The zero-order chi connectivity index (χ0) is 13.4. The number of hydrogen-bond donors (Lipinski definition) is 2. The lowest BCUT2D eigenvalue weighted by Crippen LogP contribution is -2.31. The maximum atomic E-state index is 11.5. The molecule has 18 heavy (non-hydrogen) atoms. The summed E-state index contributed by atoms with van der Waals surface area (Å²) in [5.74, 6) is -0.0214. The molecule has 1 aromatic heterocycles. The maximum absolute atomic E-state index is 11.5. The molecule has 2 N–H and O–H groups in total. The van der Waals surface area contributed by atoms with E-state index in [4.69, 9.17) is 4.84 Å². The summed E-state index contributed by atoms with van der Waals surface area (Å²) in [7, 11) is 0. The van der Waals surface area contributed by atoms with Gasteiger partial charge in [-0.05, 0) is 17.4 Å². The monoisotopic (exact) mass is 270 g/mol. The second-order valence-corrected chi connectivity index (χ2v) is 5.16. The number of amides is 2.